The standard InChI is InChI=1S/C17H29N3O4S/c1-17(2,3)24-16(23)20-13(7-4-5-9-19-15(21)22)11-18-12-14-8-6-10-25-14/h6,8,10,13,18-19H,4-5,7,9,11-12H2,1-3H3,(H,20,23)(H,21,22)/t13-/m0/s1. The van der Waals surface area contributed by atoms with Gasteiger partial charge < -0.3 is 25.8 Å². The second-order valence-electron chi connectivity index (χ2n) is 6.78. The molecule has 0 saturated heterocycles. The van der Waals surface area contributed by atoms with Gasteiger partial charge in [0.15, 0.2) is 0 Å². The molecule has 0 aliphatic carbocycles. The molecule has 142 valence electrons. The maximum Gasteiger partial charge on any atom is 0.407 e. The first-order chi connectivity index (χ1) is 11.8. The second kappa shape index (κ2) is 10.9. The van der Waals surface area contributed by atoms with Crippen LogP contribution in [0.15, 0.2) is 17.5 Å². The number of ether oxygens (including phenoxy) is 1. The largest absolute Gasteiger partial charge is 0.465 e. The van der Waals surface area contributed by atoms with E-state index < -0.39 is 17.8 Å². The maximum absolute atomic E-state index is 12.0. The summed E-state index contributed by atoms with van der Waals surface area (Å²) in [6.07, 6.45) is 0.837. The number of unbranched alkanes of at least 4 members (excludes halogenated alkanes) is 1. The van der Waals surface area contributed by atoms with Crippen molar-refractivity contribution >= 4 is 23.5 Å². The summed E-state index contributed by atoms with van der Waals surface area (Å²) in [6.45, 7) is 7.28. The van der Waals surface area contributed by atoms with Crippen molar-refractivity contribution in [2.45, 2.75) is 58.2 Å². The van der Waals surface area contributed by atoms with Crippen LogP contribution in [0.5, 0.6) is 0 Å². The van der Waals surface area contributed by atoms with E-state index >= 15 is 0 Å². The Morgan fingerprint density at radius 3 is 2.68 bits per heavy atom. The molecule has 0 saturated carbocycles. The average molecular weight is 372 g/mol. The normalized spacial score (nSPS) is 12.4. The average Bonchev–Trinajstić information content (AvgIpc) is 2.97. The Morgan fingerprint density at radius 2 is 2.08 bits per heavy atom. The van der Waals surface area contributed by atoms with Gasteiger partial charge in [-0.25, -0.2) is 9.59 Å². The van der Waals surface area contributed by atoms with E-state index in [0.29, 0.717) is 13.1 Å². The molecule has 4 N–H and O–H groups in total. The summed E-state index contributed by atoms with van der Waals surface area (Å²) in [7, 11) is 0. The number of alkyl carbamates (subject to hydrolysis) is 1. The van der Waals surface area contributed by atoms with Crippen LogP contribution in [0.4, 0.5) is 9.59 Å². The molecule has 0 fully saturated rings. The summed E-state index contributed by atoms with van der Waals surface area (Å²) in [5.74, 6) is 0. The summed E-state index contributed by atoms with van der Waals surface area (Å²) in [4.78, 5) is 23.7. The number of nitrogens with one attached hydrogen (secondary N) is 3. The number of hydrogen-bond acceptors (Lipinski definition) is 5. The fourth-order valence-corrected chi connectivity index (χ4v) is 2.87. The van der Waals surface area contributed by atoms with E-state index in [2.05, 4.69) is 22.0 Å². The van der Waals surface area contributed by atoms with Crippen LogP contribution in [0.1, 0.15) is 44.9 Å². The Labute approximate surface area is 153 Å². The molecule has 1 heterocycles. The topological polar surface area (TPSA) is 99.7 Å². The van der Waals surface area contributed by atoms with Gasteiger partial charge in [-0.1, -0.05) is 6.07 Å². The molecule has 1 aromatic rings. The molecule has 0 aliphatic rings. The smallest absolute Gasteiger partial charge is 0.407 e. The van der Waals surface area contributed by atoms with Gasteiger partial charge in [-0.15, -0.1) is 11.3 Å². The molecule has 1 rings (SSSR count). The highest BCUT2D eigenvalue weighted by atomic mass is 32.1. The van der Waals surface area contributed by atoms with Gasteiger partial charge in [-0.05, 0) is 51.5 Å². The molecule has 25 heavy (non-hydrogen) atoms. The Morgan fingerprint density at radius 1 is 1.32 bits per heavy atom. The molecule has 0 radical (unpaired) electrons. The predicted molar refractivity (Wildman–Crippen MR) is 99.1 cm³/mol. The minimum atomic E-state index is -1.01. The van der Waals surface area contributed by atoms with Crippen molar-refractivity contribution in [3.63, 3.8) is 0 Å². The first-order valence-corrected chi connectivity index (χ1v) is 9.33. The van der Waals surface area contributed by atoms with E-state index in [0.717, 1.165) is 25.8 Å². The monoisotopic (exact) mass is 371 g/mol. The van der Waals surface area contributed by atoms with Crippen LogP contribution in [0.2, 0.25) is 0 Å². The summed E-state index contributed by atoms with van der Waals surface area (Å²) in [5, 5.41) is 19.2. The van der Waals surface area contributed by atoms with E-state index in [1.807, 2.05) is 32.2 Å². The van der Waals surface area contributed by atoms with E-state index in [1.54, 1.807) is 11.3 Å². The molecule has 0 aliphatic heterocycles. The minimum absolute atomic E-state index is 0.0698. The number of amides is 2. The number of carbonyl (C=O) groups excluding carboxylic acids is 1. The van der Waals surface area contributed by atoms with Crippen LogP contribution in [0, 0.1) is 0 Å². The van der Waals surface area contributed by atoms with Gasteiger partial charge in [-0.2, -0.15) is 0 Å². The van der Waals surface area contributed by atoms with E-state index in [4.69, 9.17) is 9.84 Å². The number of thiophene rings is 1. The van der Waals surface area contributed by atoms with Crippen molar-refractivity contribution in [1.29, 1.82) is 0 Å². The van der Waals surface area contributed by atoms with Crippen molar-refractivity contribution in [2.24, 2.45) is 0 Å². The molecule has 0 bridgehead atoms. The Kier molecular flexibility index (Phi) is 9.30. The second-order valence-corrected chi connectivity index (χ2v) is 7.81. The number of carboxylic acid groups (broad SMARTS) is 1. The van der Waals surface area contributed by atoms with Gasteiger partial charge in [0, 0.05) is 30.6 Å². The molecule has 0 spiro atoms. The lowest BCUT2D eigenvalue weighted by Gasteiger charge is -2.24. The molecular formula is C17H29N3O4S. The maximum atomic E-state index is 12.0. The van der Waals surface area contributed by atoms with E-state index in [9.17, 15) is 9.59 Å². The Hall–Kier alpha value is -1.80. The third kappa shape index (κ3) is 11.4. The minimum Gasteiger partial charge on any atom is -0.465 e. The molecular weight excluding hydrogens is 342 g/mol. The summed E-state index contributed by atoms with van der Waals surface area (Å²) >= 11 is 1.69. The first-order valence-electron chi connectivity index (χ1n) is 8.45. The predicted octanol–water partition coefficient (Wildman–Crippen LogP) is 3.17. The third-order valence-electron chi connectivity index (χ3n) is 3.25. The number of carbonyl (C=O) groups is 2. The molecule has 7 nitrogen and oxygen atoms in total. The zero-order valence-corrected chi connectivity index (χ0v) is 15.9. The van der Waals surface area contributed by atoms with E-state index in [1.165, 1.54) is 4.88 Å². The van der Waals surface area contributed by atoms with Gasteiger partial charge in [0.2, 0.25) is 0 Å². The van der Waals surface area contributed by atoms with Gasteiger partial charge in [-0.3, -0.25) is 0 Å². The first kappa shape index (κ1) is 21.2. The lowest BCUT2D eigenvalue weighted by molar-refractivity contribution is 0.0500. The van der Waals surface area contributed by atoms with Gasteiger partial charge in [0.1, 0.15) is 5.60 Å². The number of hydrogen-bond donors (Lipinski definition) is 4. The summed E-state index contributed by atoms with van der Waals surface area (Å²) in [6, 6.07) is 4.00. The Balaban J connectivity index is 2.38. The van der Waals surface area contributed by atoms with Crippen LogP contribution in [-0.2, 0) is 11.3 Å². The van der Waals surface area contributed by atoms with Gasteiger partial charge >= 0.3 is 12.2 Å². The highest BCUT2D eigenvalue weighted by Crippen LogP contribution is 2.09. The Bertz CT molecular complexity index is 514. The number of rotatable bonds is 10. The molecule has 0 unspecified atom stereocenters. The third-order valence-corrected chi connectivity index (χ3v) is 4.12. The van der Waals surface area contributed by atoms with Crippen molar-refractivity contribution in [1.82, 2.24) is 16.0 Å². The van der Waals surface area contributed by atoms with Crippen LogP contribution in [0.3, 0.4) is 0 Å². The fourth-order valence-electron chi connectivity index (χ4n) is 2.19. The van der Waals surface area contributed by atoms with Crippen molar-refractivity contribution in [3.05, 3.63) is 22.4 Å². The van der Waals surface area contributed by atoms with Gasteiger partial charge in [0.05, 0.1) is 0 Å². The fraction of sp³-hybridized carbons (Fsp3) is 0.647. The summed E-state index contributed by atoms with van der Waals surface area (Å²) in [5.41, 5.74) is -0.537. The highest BCUT2D eigenvalue weighted by Gasteiger charge is 2.19. The van der Waals surface area contributed by atoms with Crippen LogP contribution in [0.25, 0.3) is 0 Å². The van der Waals surface area contributed by atoms with Crippen molar-refractivity contribution in [2.75, 3.05) is 13.1 Å². The van der Waals surface area contributed by atoms with E-state index in [-0.39, 0.29) is 6.04 Å². The SMILES string of the molecule is CC(C)(C)OC(=O)N[C@@H](CCCCNC(=O)O)CNCc1cccs1. The zero-order chi connectivity index (χ0) is 18.7. The van der Waals surface area contributed by atoms with Crippen molar-refractivity contribution < 1.29 is 19.4 Å². The molecule has 8 heteroatoms. The lowest BCUT2D eigenvalue weighted by atomic mass is 10.1. The molecule has 0 aromatic carbocycles. The van der Waals surface area contributed by atoms with Crippen LogP contribution in [-0.4, -0.2) is 42.0 Å². The van der Waals surface area contributed by atoms with Crippen LogP contribution >= 0.6 is 11.3 Å². The summed E-state index contributed by atoms with van der Waals surface area (Å²) < 4.78 is 5.31. The molecule has 2 amide bonds. The van der Waals surface area contributed by atoms with Crippen LogP contribution < -0.4 is 16.0 Å². The molecule has 1 atom stereocenters. The lowest BCUT2D eigenvalue weighted by Crippen LogP contribution is -2.44. The van der Waals surface area contributed by atoms with Crippen molar-refractivity contribution in [3.8, 4) is 0 Å². The highest BCUT2D eigenvalue weighted by molar-refractivity contribution is 7.09. The quantitative estimate of drug-likeness (QED) is 0.474. The van der Waals surface area contributed by atoms with Gasteiger partial charge in [0.25, 0.3) is 0 Å². The zero-order valence-electron chi connectivity index (χ0n) is 15.1. The molecule has 1 aromatic heterocycles.